The van der Waals surface area contributed by atoms with Gasteiger partial charge in [-0.25, -0.2) is 8.78 Å². The van der Waals surface area contributed by atoms with Gasteiger partial charge in [-0.1, -0.05) is 6.42 Å². The van der Waals surface area contributed by atoms with Crippen LogP contribution in [0.1, 0.15) is 29.6 Å². The minimum absolute atomic E-state index is 0.131. The molecule has 0 aromatic heterocycles. The van der Waals surface area contributed by atoms with E-state index in [4.69, 9.17) is 5.73 Å². The Morgan fingerprint density at radius 2 is 2.05 bits per heavy atom. The molecular formula is C14H16F2N2O2. The summed E-state index contributed by atoms with van der Waals surface area (Å²) in [7, 11) is 0. The van der Waals surface area contributed by atoms with Gasteiger partial charge in [-0.05, 0) is 37.6 Å². The summed E-state index contributed by atoms with van der Waals surface area (Å²) in [6, 6.07) is 2.24. The van der Waals surface area contributed by atoms with E-state index in [2.05, 4.69) is 0 Å². The van der Waals surface area contributed by atoms with Crippen molar-refractivity contribution >= 4 is 11.7 Å². The summed E-state index contributed by atoms with van der Waals surface area (Å²) in [5.74, 6) is -2.46. The fourth-order valence-electron chi connectivity index (χ4n) is 2.48. The number of nitrogens with zero attached hydrogens (tertiary/aromatic N) is 1. The van der Waals surface area contributed by atoms with Crippen LogP contribution in [-0.4, -0.2) is 35.7 Å². The molecule has 0 spiro atoms. The first-order valence-corrected chi connectivity index (χ1v) is 6.50. The molecule has 1 aromatic rings. The van der Waals surface area contributed by atoms with Gasteiger partial charge in [-0.2, -0.15) is 0 Å². The van der Waals surface area contributed by atoms with Crippen LogP contribution in [0.15, 0.2) is 18.2 Å². The summed E-state index contributed by atoms with van der Waals surface area (Å²) in [5, 5.41) is 0. The average molecular weight is 282 g/mol. The zero-order valence-corrected chi connectivity index (χ0v) is 10.9. The van der Waals surface area contributed by atoms with Crippen molar-refractivity contribution < 1.29 is 18.4 Å². The number of Topliss-reactive ketones (excluding diaryl/α,β-unsaturated/α-hetero) is 1. The highest BCUT2D eigenvalue weighted by Gasteiger charge is 2.29. The van der Waals surface area contributed by atoms with Crippen molar-refractivity contribution in [2.24, 2.45) is 5.73 Å². The van der Waals surface area contributed by atoms with Crippen LogP contribution in [0, 0.1) is 11.6 Å². The molecule has 20 heavy (non-hydrogen) atoms. The van der Waals surface area contributed by atoms with E-state index in [1.807, 2.05) is 0 Å². The third-order valence-corrected chi connectivity index (χ3v) is 3.52. The van der Waals surface area contributed by atoms with Crippen molar-refractivity contribution in [3.05, 3.63) is 35.4 Å². The lowest BCUT2D eigenvalue weighted by Gasteiger charge is -2.32. The summed E-state index contributed by atoms with van der Waals surface area (Å²) >= 11 is 0. The number of hydrogen-bond donors (Lipinski definition) is 1. The van der Waals surface area contributed by atoms with Gasteiger partial charge in [0.25, 0.3) is 0 Å². The lowest BCUT2D eigenvalue weighted by molar-refractivity contribution is -0.124. The summed E-state index contributed by atoms with van der Waals surface area (Å²) in [5.41, 5.74) is 5.01. The number of halogens is 2. The highest BCUT2D eigenvalue weighted by molar-refractivity contribution is 5.98. The van der Waals surface area contributed by atoms with Gasteiger partial charge in [0.15, 0.2) is 5.78 Å². The maximum Gasteiger partial charge on any atom is 0.234 e. The number of piperidine rings is 1. The van der Waals surface area contributed by atoms with E-state index in [1.165, 1.54) is 0 Å². The number of carbonyl (C=O) groups excluding carboxylic acids is 2. The average Bonchev–Trinajstić information content (AvgIpc) is 2.41. The third-order valence-electron chi connectivity index (χ3n) is 3.52. The third kappa shape index (κ3) is 3.19. The predicted octanol–water partition coefficient (Wildman–Crippen LogP) is 1.49. The summed E-state index contributed by atoms with van der Waals surface area (Å²) in [4.78, 5) is 25.0. The van der Waals surface area contributed by atoms with Crippen LogP contribution >= 0.6 is 0 Å². The molecule has 0 saturated carbocycles. The molecule has 6 heteroatoms. The lowest BCUT2D eigenvalue weighted by atomic mass is 10.00. The Kier molecular flexibility index (Phi) is 4.44. The number of ketones is 1. The molecule has 1 aromatic carbocycles. The minimum atomic E-state index is -0.760. The van der Waals surface area contributed by atoms with Gasteiger partial charge < -0.3 is 5.73 Å². The van der Waals surface area contributed by atoms with Gasteiger partial charge in [0, 0.05) is 0 Å². The maximum absolute atomic E-state index is 13.5. The van der Waals surface area contributed by atoms with E-state index in [0.29, 0.717) is 13.0 Å². The summed E-state index contributed by atoms with van der Waals surface area (Å²) < 4.78 is 26.6. The van der Waals surface area contributed by atoms with E-state index >= 15 is 0 Å². The minimum Gasteiger partial charge on any atom is -0.368 e. The zero-order valence-electron chi connectivity index (χ0n) is 10.9. The number of likely N-dealkylation sites (tertiary alicyclic amines) is 1. The van der Waals surface area contributed by atoms with Gasteiger partial charge in [0.2, 0.25) is 5.91 Å². The Labute approximate surface area is 115 Å². The molecule has 1 aliphatic heterocycles. The molecule has 1 heterocycles. The second-order valence-corrected chi connectivity index (χ2v) is 4.93. The van der Waals surface area contributed by atoms with Crippen LogP contribution in [0.3, 0.4) is 0 Å². The number of hydrogen-bond acceptors (Lipinski definition) is 3. The first kappa shape index (κ1) is 14.6. The number of carbonyl (C=O) groups is 2. The Hall–Kier alpha value is -1.82. The lowest BCUT2D eigenvalue weighted by Crippen LogP contribution is -2.49. The van der Waals surface area contributed by atoms with Gasteiger partial charge in [-0.3, -0.25) is 14.5 Å². The van der Waals surface area contributed by atoms with Crippen molar-refractivity contribution in [2.75, 3.05) is 13.1 Å². The number of primary amides is 1. The van der Waals surface area contributed by atoms with Crippen molar-refractivity contribution in [3.8, 4) is 0 Å². The van der Waals surface area contributed by atoms with E-state index < -0.39 is 29.4 Å². The first-order chi connectivity index (χ1) is 9.49. The molecule has 0 radical (unpaired) electrons. The molecule has 1 unspecified atom stereocenters. The van der Waals surface area contributed by atoms with Crippen molar-refractivity contribution in [1.29, 1.82) is 0 Å². The van der Waals surface area contributed by atoms with Crippen LogP contribution in [0.5, 0.6) is 0 Å². The molecule has 2 N–H and O–H groups in total. The Bertz CT molecular complexity index is 534. The molecule has 1 amide bonds. The SMILES string of the molecule is NC(=O)C1CCCCN1CC(=O)c1cc(F)ccc1F. The van der Waals surface area contributed by atoms with E-state index in [-0.39, 0.29) is 12.1 Å². The van der Waals surface area contributed by atoms with E-state index in [0.717, 1.165) is 31.0 Å². The second kappa shape index (κ2) is 6.09. The molecular weight excluding hydrogens is 266 g/mol. The molecule has 1 fully saturated rings. The molecule has 1 atom stereocenters. The molecule has 0 aliphatic carbocycles. The van der Waals surface area contributed by atoms with Gasteiger partial charge in [-0.15, -0.1) is 0 Å². The van der Waals surface area contributed by atoms with Crippen molar-refractivity contribution in [1.82, 2.24) is 4.90 Å². The summed E-state index contributed by atoms with van der Waals surface area (Å²) in [6.45, 7) is 0.421. The predicted molar refractivity (Wildman–Crippen MR) is 69.1 cm³/mol. The molecule has 0 bridgehead atoms. The number of benzene rings is 1. The van der Waals surface area contributed by atoms with Crippen molar-refractivity contribution in [3.63, 3.8) is 0 Å². The van der Waals surface area contributed by atoms with Crippen LogP contribution in [0.2, 0.25) is 0 Å². The second-order valence-electron chi connectivity index (χ2n) is 4.93. The standard InChI is InChI=1S/C14H16F2N2O2/c15-9-4-5-11(16)10(7-9)13(19)8-18-6-2-1-3-12(18)14(17)20/h4-5,7,12H,1-3,6,8H2,(H2,17,20). The fraction of sp³-hybridized carbons (Fsp3) is 0.429. The zero-order chi connectivity index (χ0) is 14.7. The fourth-order valence-corrected chi connectivity index (χ4v) is 2.48. The van der Waals surface area contributed by atoms with Crippen LogP contribution < -0.4 is 5.73 Å². The number of nitrogens with two attached hydrogens (primary N) is 1. The van der Waals surface area contributed by atoms with Crippen LogP contribution in [0.4, 0.5) is 8.78 Å². The van der Waals surface area contributed by atoms with Crippen LogP contribution in [-0.2, 0) is 4.79 Å². The normalized spacial score (nSPS) is 19.8. The highest BCUT2D eigenvalue weighted by atomic mass is 19.1. The molecule has 1 aliphatic rings. The topological polar surface area (TPSA) is 63.4 Å². The van der Waals surface area contributed by atoms with Crippen molar-refractivity contribution in [2.45, 2.75) is 25.3 Å². The Morgan fingerprint density at radius 3 is 2.75 bits per heavy atom. The molecule has 1 saturated heterocycles. The summed E-state index contributed by atoms with van der Waals surface area (Å²) in [6.07, 6.45) is 2.31. The largest absolute Gasteiger partial charge is 0.368 e. The molecule has 108 valence electrons. The number of amides is 1. The molecule has 2 rings (SSSR count). The highest BCUT2D eigenvalue weighted by Crippen LogP contribution is 2.18. The van der Waals surface area contributed by atoms with Crippen LogP contribution in [0.25, 0.3) is 0 Å². The Balaban J connectivity index is 2.13. The smallest absolute Gasteiger partial charge is 0.234 e. The quantitative estimate of drug-likeness (QED) is 0.851. The van der Waals surface area contributed by atoms with Gasteiger partial charge in [0.05, 0.1) is 18.2 Å². The van der Waals surface area contributed by atoms with Gasteiger partial charge in [0.1, 0.15) is 11.6 Å². The maximum atomic E-state index is 13.5. The van der Waals surface area contributed by atoms with Gasteiger partial charge >= 0.3 is 0 Å². The molecule has 4 nitrogen and oxygen atoms in total. The van der Waals surface area contributed by atoms with E-state index in [9.17, 15) is 18.4 Å². The Morgan fingerprint density at radius 1 is 1.30 bits per heavy atom. The first-order valence-electron chi connectivity index (χ1n) is 6.50. The number of rotatable bonds is 4. The van der Waals surface area contributed by atoms with E-state index in [1.54, 1.807) is 4.90 Å². The monoisotopic (exact) mass is 282 g/mol.